The molecule has 0 saturated carbocycles. The van der Waals surface area contributed by atoms with Crippen LogP contribution < -0.4 is 10.1 Å². The predicted octanol–water partition coefficient (Wildman–Crippen LogP) is 3.01. The molecule has 0 heterocycles. The third kappa shape index (κ3) is 5.06. The van der Waals surface area contributed by atoms with Crippen molar-refractivity contribution in [2.24, 2.45) is 5.92 Å². The Balaban J connectivity index is 2.70. The number of hydrogen-bond acceptors (Lipinski definition) is 4. The van der Waals surface area contributed by atoms with Gasteiger partial charge in [0, 0.05) is 11.4 Å². The van der Waals surface area contributed by atoms with Crippen LogP contribution in [0.1, 0.15) is 25.8 Å². The molecule has 0 fully saturated rings. The number of nitrogens with one attached hydrogen (secondary N) is 1. The van der Waals surface area contributed by atoms with Gasteiger partial charge in [0.15, 0.2) is 0 Å². The first-order valence-corrected chi connectivity index (χ1v) is 7.87. The van der Waals surface area contributed by atoms with Gasteiger partial charge in [0.2, 0.25) is 0 Å². The third-order valence-electron chi connectivity index (χ3n) is 3.01. The lowest BCUT2D eigenvalue weighted by molar-refractivity contribution is -0.140. The summed E-state index contributed by atoms with van der Waals surface area (Å²) in [7, 11) is 1.64. The molecule has 1 aromatic rings. The Morgan fingerprint density at radius 1 is 1.45 bits per heavy atom. The molecule has 0 radical (unpaired) electrons. The molecule has 1 atom stereocenters. The summed E-state index contributed by atoms with van der Waals surface area (Å²) < 4.78 is 5.33. The molecule has 0 aliphatic carbocycles. The van der Waals surface area contributed by atoms with Gasteiger partial charge in [-0.2, -0.15) is 0 Å². The van der Waals surface area contributed by atoms with Crippen LogP contribution in [0.4, 0.5) is 0 Å². The molecule has 4 nitrogen and oxygen atoms in total. The van der Waals surface area contributed by atoms with E-state index in [1.54, 1.807) is 18.9 Å². The smallest absolute Gasteiger partial charge is 0.320 e. The highest BCUT2D eigenvalue weighted by molar-refractivity contribution is 7.98. The van der Waals surface area contributed by atoms with Crippen molar-refractivity contribution < 1.29 is 14.6 Å². The van der Waals surface area contributed by atoms with E-state index >= 15 is 0 Å². The summed E-state index contributed by atoms with van der Waals surface area (Å²) in [5, 5.41) is 12.3. The Morgan fingerprint density at radius 3 is 2.65 bits per heavy atom. The number of thioether (sulfide) groups is 1. The minimum absolute atomic E-state index is 0.344. The third-order valence-corrected chi connectivity index (χ3v) is 3.78. The zero-order valence-electron chi connectivity index (χ0n) is 12.5. The second kappa shape index (κ2) is 8.17. The van der Waals surface area contributed by atoms with Gasteiger partial charge < -0.3 is 15.2 Å². The predicted molar refractivity (Wildman–Crippen MR) is 82.5 cm³/mol. The van der Waals surface area contributed by atoms with Crippen LogP contribution in [-0.2, 0) is 11.3 Å². The second-order valence-electron chi connectivity index (χ2n) is 5.09. The zero-order chi connectivity index (χ0) is 15.1. The molecule has 0 amide bonds. The molecule has 2 N–H and O–H groups in total. The Morgan fingerprint density at radius 2 is 2.15 bits per heavy atom. The molecule has 0 spiro atoms. The molecule has 1 unspecified atom stereocenters. The number of rotatable bonds is 8. The first-order chi connectivity index (χ1) is 9.47. The van der Waals surface area contributed by atoms with Gasteiger partial charge >= 0.3 is 5.97 Å². The normalized spacial score (nSPS) is 12.4. The number of hydrogen-bond donors (Lipinski definition) is 2. The summed E-state index contributed by atoms with van der Waals surface area (Å²) in [5.74, 6) is 0.371. The molecule has 0 bridgehead atoms. The molecule has 112 valence electrons. The van der Waals surface area contributed by atoms with Gasteiger partial charge in [-0.15, -0.1) is 11.8 Å². The van der Waals surface area contributed by atoms with Crippen molar-refractivity contribution >= 4 is 17.7 Å². The van der Waals surface area contributed by atoms with Crippen molar-refractivity contribution in [1.29, 1.82) is 0 Å². The first-order valence-electron chi connectivity index (χ1n) is 6.65. The number of carboxylic acids is 1. The van der Waals surface area contributed by atoms with E-state index in [9.17, 15) is 9.90 Å². The molecule has 1 aromatic carbocycles. The summed E-state index contributed by atoms with van der Waals surface area (Å²) in [5.41, 5.74) is 1.02. The number of aliphatic carboxylic acids is 1. The van der Waals surface area contributed by atoms with E-state index in [2.05, 4.69) is 5.32 Å². The highest BCUT2D eigenvalue weighted by Gasteiger charge is 2.18. The second-order valence-corrected chi connectivity index (χ2v) is 5.94. The average molecular weight is 297 g/mol. The Bertz CT molecular complexity index is 449. The number of carbonyl (C=O) groups is 1. The number of methoxy groups -OCH3 is 1. The molecule has 0 aromatic heterocycles. The molecular weight excluding hydrogens is 274 g/mol. The van der Waals surface area contributed by atoms with Crippen LogP contribution in [-0.4, -0.2) is 30.5 Å². The van der Waals surface area contributed by atoms with Crippen LogP contribution in [0.2, 0.25) is 0 Å². The molecule has 20 heavy (non-hydrogen) atoms. The van der Waals surface area contributed by atoms with Gasteiger partial charge in [-0.05, 0) is 36.3 Å². The Hall–Kier alpha value is -1.20. The van der Waals surface area contributed by atoms with Crippen molar-refractivity contribution in [2.45, 2.75) is 37.8 Å². The van der Waals surface area contributed by atoms with Crippen LogP contribution in [0, 0.1) is 5.92 Å². The Kier molecular flexibility index (Phi) is 6.88. The van der Waals surface area contributed by atoms with Crippen molar-refractivity contribution in [3.05, 3.63) is 23.8 Å². The van der Waals surface area contributed by atoms with E-state index in [4.69, 9.17) is 4.74 Å². The zero-order valence-corrected chi connectivity index (χ0v) is 13.3. The van der Waals surface area contributed by atoms with Gasteiger partial charge in [-0.25, -0.2) is 0 Å². The van der Waals surface area contributed by atoms with Crippen LogP contribution in [0.5, 0.6) is 5.75 Å². The fourth-order valence-electron chi connectivity index (χ4n) is 1.97. The maximum atomic E-state index is 11.2. The summed E-state index contributed by atoms with van der Waals surface area (Å²) >= 11 is 1.63. The summed E-state index contributed by atoms with van der Waals surface area (Å²) in [6.07, 6.45) is 2.62. The fourth-order valence-corrected chi connectivity index (χ4v) is 2.52. The first kappa shape index (κ1) is 16.9. The van der Waals surface area contributed by atoms with Crippen LogP contribution in [0.15, 0.2) is 23.1 Å². The van der Waals surface area contributed by atoms with Gasteiger partial charge in [0.25, 0.3) is 0 Å². The van der Waals surface area contributed by atoms with Crippen molar-refractivity contribution in [1.82, 2.24) is 5.32 Å². The topological polar surface area (TPSA) is 58.6 Å². The lowest BCUT2D eigenvalue weighted by Crippen LogP contribution is -2.37. The summed E-state index contributed by atoms with van der Waals surface area (Å²) in [6, 6.07) is 5.43. The summed E-state index contributed by atoms with van der Waals surface area (Å²) in [6.45, 7) is 4.57. The van der Waals surface area contributed by atoms with E-state index in [0.717, 1.165) is 16.2 Å². The number of benzene rings is 1. The SMILES string of the molecule is COc1cc(CNC(CC(C)C)C(=O)O)ccc1SC. The van der Waals surface area contributed by atoms with E-state index in [0.29, 0.717) is 18.9 Å². The van der Waals surface area contributed by atoms with Crippen LogP contribution in [0.3, 0.4) is 0 Å². The Labute approximate surface area is 124 Å². The molecular formula is C15H23NO3S. The molecule has 1 rings (SSSR count). The fraction of sp³-hybridized carbons (Fsp3) is 0.533. The van der Waals surface area contributed by atoms with E-state index in [-0.39, 0.29) is 0 Å². The quantitative estimate of drug-likeness (QED) is 0.722. The van der Waals surface area contributed by atoms with Crippen LogP contribution in [0.25, 0.3) is 0 Å². The minimum atomic E-state index is -0.800. The molecule has 0 saturated heterocycles. The van der Waals surface area contributed by atoms with Gasteiger partial charge in [-0.1, -0.05) is 19.9 Å². The largest absolute Gasteiger partial charge is 0.496 e. The number of ether oxygens (including phenoxy) is 1. The van der Waals surface area contributed by atoms with Crippen molar-refractivity contribution in [3.8, 4) is 5.75 Å². The molecule has 0 aliphatic heterocycles. The lowest BCUT2D eigenvalue weighted by atomic mass is 10.0. The van der Waals surface area contributed by atoms with Crippen molar-refractivity contribution in [2.75, 3.05) is 13.4 Å². The monoisotopic (exact) mass is 297 g/mol. The highest BCUT2D eigenvalue weighted by atomic mass is 32.2. The van der Waals surface area contributed by atoms with E-state index in [1.807, 2.05) is 38.3 Å². The van der Waals surface area contributed by atoms with Gasteiger partial charge in [0.1, 0.15) is 11.8 Å². The standard InChI is InChI=1S/C15H23NO3S/c1-10(2)7-12(15(17)18)16-9-11-5-6-14(20-4)13(8-11)19-3/h5-6,8,10,12,16H,7,9H2,1-4H3,(H,17,18). The maximum Gasteiger partial charge on any atom is 0.320 e. The van der Waals surface area contributed by atoms with Crippen LogP contribution >= 0.6 is 11.8 Å². The van der Waals surface area contributed by atoms with E-state index in [1.165, 1.54) is 0 Å². The highest BCUT2D eigenvalue weighted by Crippen LogP contribution is 2.28. The number of carboxylic acid groups (broad SMARTS) is 1. The molecule has 0 aliphatic rings. The molecule has 5 heteroatoms. The minimum Gasteiger partial charge on any atom is -0.496 e. The van der Waals surface area contributed by atoms with Crippen molar-refractivity contribution in [3.63, 3.8) is 0 Å². The van der Waals surface area contributed by atoms with Gasteiger partial charge in [0.05, 0.1) is 7.11 Å². The summed E-state index contributed by atoms with van der Waals surface area (Å²) in [4.78, 5) is 12.3. The van der Waals surface area contributed by atoms with Gasteiger partial charge in [-0.3, -0.25) is 4.79 Å². The lowest BCUT2D eigenvalue weighted by Gasteiger charge is -2.17. The average Bonchev–Trinajstić information content (AvgIpc) is 2.42. The van der Waals surface area contributed by atoms with E-state index < -0.39 is 12.0 Å². The maximum absolute atomic E-state index is 11.2.